The van der Waals surface area contributed by atoms with Crippen molar-refractivity contribution >= 4 is 23.4 Å². The summed E-state index contributed by atoms with van der Waals surface area (Å²) in [6.45, 7) is 12.5. The summed E-state index contributed by atoms with van der Waals surface area (Å²) in [7, 11) is 0. The number of nitrogens with zero attached hydrogens (tertiary/aromatic N) is 3. The van der Waals surface area contributed by atoms with Gasteiger partial charge in [0.05, 0.1) is 0 Å². The van der Waals surface area contributed by atoms with Gasteiger partial charge in [0.15, 0.2) is 17.1 Å². The van der Waals surface area contributed by atoms with Gasteiger partial charge in [-0.05, 0) is 56.5 Å². The van der Waals surface area contributed by atoms with Crippen LogP contribution in [0, 0.1) is 20.8 Å². The van der Waals surface area contributed by atoms with Crippen LogP contribution in [-0.2, 0) is 12.3 Å². The van der Waals surface area contributed by atoms with E-state index in [1.54, 1.807) is 11.8 Å². The van der Waals surface area contributed by atoms with Gasteiger partial charge in [0.1, 0.15) is 5.75 Å². The van der Waals surface area contributed by atoms with Gasteiger partial charge in [0, 0.05) is 17.3 Å². The minimum absolute atomic E-state index is 0.254. The fraction of sp³-hybridized carbons (Fsp3) is 0.304. The van der Waals surface area contributed by atoms with Crippen molar-refractivity contribution in [1.29, 1.82) is 0 Å². The van der Waals surface area contributed by atoms with Crippen molar-refractivity contribution in [1.82, 2.24) is 14.8 Å². The lowest BCUT2D eigenvalue weighted by atomic mass is 10.1. The van der Waals surface area contributed by atoms with Crippen molar-refractivity contribution < 1.29 is 4.74 Å². The molecular formula is C23H26ClN3OS. The molecule has 1 atom stereocenters. The van der Waals surface area contributed by atoms with Gasteiger partial charge < -0.3 is 4.74 Å². The van der Waals surface area contributed by atoms with Gasteiger partial charge in [-0.1, -0.05) is 59.3 Å². The van der Waals surface area contributed by atoms with Gasteiger partial charge in [-0.2, -0.15) is 0 Å². The van der Waals surface area contributed by atoms with Crippen LogP contribution in [0.1, 0.15) is 41.1 Å². The molecule has 0 spiro atoms. The second-order valence-corrected chi connectivity index (χ2v) is 8.47. The van der Waals surface area contributed by atoms with E-state index in [1.165, 1.54) is 11.1 Å². The van der Waals surface area contributed by atoms with Crippen LogP contribution < -0.4 is 4.74 Å². The number of benzene rings is 2. The highest BCUT2D eigenvalue weighted by molar-refractivity contribution is 7.98. The number of rotatable bonds is 8. The molecule has 6 heteroatoms. The van der Waals surface area contributed by atoms with Crippen LogP contribution in [0.5, 0.6) is 5.75 Å². The molecule has 0 radical (unpaired) electrons. The number of halogens is 1. The Morgan fingerprint density at radius 2 is 1.79 bits per heavy atom. The monoisotopic (exact) mass is 427 g/mol. The molecule has 0 aliphatic heterocycles. The number of hydrogen-bond acceptors (Lipinski definition) is 4. The van der Waals surface area contributed by atoms with E-state index in [1.807, 2.05) is 39.0 Å². The summed E-state index contributed by atoms with van der Waals surface area (Å²) in [6.07, 6.45) is 1.60. The molecule has 152 valence electrons. The van der Waals surface area contributed by atoms with Gasteiger partial charge >= 0.3 is 0 Å². The normalized spacial score (nSPS) is 12.0. The summed E-state index contributed by atoms with van der Waals surface area (Å²) in [6, 6.07) is 12.5. The Balaban J connectivity index is 1.78. The van der Waals surface area contributed by atoms with Crippen molar-refractivity contribution in [3.05, 3.63) is 82.2 Å². The summed E-state index contributed by atoms with van der Waals surface area (Å²) >= 11 is 7.94. The third kappa shape index (κ3) is 5.22. The van der Waals surface area contributed by atoms with E-state index >= 15 is 0 Å². The van der Waals surface area contributed by atoms with E-state index in [-0.39, 0.29) is 6.10 Å². The fourth-order valence-corrected chi connectivity index (χ4v) is 4.09. The molecule has 29 heavy (non-hydrogen) atoms. The van der Waals surface area contributed by atoms with E-state index in [9.17, 15) is 0 Å². The summed E-state index contributed by atoms with van der Waals surface area (Å²) in [5.41, 5.74) is 4.51. The molecule has 1 heterocycles. The van der Waals surface area contributed by atoms with Gasteiger partial charge in [0.2, 0.25) is 0 Å². The van der Waals surface area contributed by atoms with E-state index in [0.29, 0.717) is 6.54 Å². The van der Waals surface area contributed by atoms with E-state index < -0.39 is 0 Å². The Morgan fingerprint density at radius 3 is 2.41 bits per heavy atom. The predicted octanol–water partition coefficient (Wildman–Crippen LogP) is 6.48. The lowest BCUT2D eigenvalue weighted by molar-refractivity contribution is 0.210. The van der Waals surface area contributed by atoms with Crippen molar-refractivity contribution in [2.24, 2.45) is 0 Å². The molecule has 0 aliphatic rings. The van der Waals surface area contributed by atoms with Gasteiger partial charge in [-0.25, -0.2) is 0 Å². The summed E-state index contributed by atoms with van der Waals surface area (Å²) < 4.78 is 8.23. The molecular weight excluding hydrogens is 402 g/mol. The van der Waals surface area contributed by atoms with Crippen LogP contribution in [0.4, 0.5) is 0 Å². The molecule has 4 nitrogen and oxygen atoms in total. The summed E-state index contributed by atoms with van der Waals surface area (Å²) in [4.78, 5) is 0. The first-order chi connectivity index (χ1) is 13.9. The van der Waals surface area contributed by atoms with Crippen LogP contribution in [0.25, 0.3) is 0 Å². The lowest BCUT2D eigenvalue weighted by Crippen LogP contribution is -2.12. The highest BCUT2D eigenvalue weighted by Crippen LogP contribution is 2.30. The second-order valence-electron chi connectivity index (χ2n) is 7.15. The standard InChI is InChI=1S/C23H26ClN3OS/c1-6-11-27-22(18(5)28-20-12-16(3)21(24)17(4)13-20)25-26-23(27)29-14-19-9-7-15(2)8-10-19/h6-10,12-13,18H,1,11,14H2,2-5H3. The maximum Gasteiger partial charge on any atom is 0.191 e. The van der Waals surface area contributed by atoms with Crippen molar-refractivity contribution in [3.8, 4) is 5.75 Å². The largest absolute Gasteiger partial charge is 0.483 e. The molecule has 0 fully saturated rings. The first-order valence-electron chi connectivity index (χ1n) is 9.54. The Bertz CT molecular complexity index is 975. The zero-order chi connectivity index (χ0) is 21.0. The third-order valence-electron chi connectivity index (χ3n) is 4.63. The van der Waals surface area contributed by atoms with Crippen molar-refractivity contribution in [3.63, 3.8) is 0 Å². The summed E-state index contributed by atoms with van der Waals surface area (Å²) in [5, 5.41) is 10.5. The molecule has 0 amide bonds. The number of hydrogen-bond donors (Lipinski definition) is 0. The molecule has 2 aromatic carbocycles. The minimum atomic E-state index is -0.254. The average Bonchev–Trinajstić information content (AvgIpc) is 3.09. The number of allylic oxidation sites excluding steroid dienone is 1. The van der Waals surface area contributed by atoms with E-state index in [0.717, 1.165) is 38.6 Å². The van der Waals surface area contributed by atoms with Gasteiger partial charge in [0.25, 0.3) is 0 Å². The average molecular weight is 428 g/mol. The van der Waals surface area contributed by atoms with Gasteiger partial charge in [-0.3, -0.25) is 4.57 Å². The van der Waals surface area contributed by atoms with Crippen LogP contribution in [0.15, 0.2) is 54.2 Å². The molecule has 1 unspecified atom stereocenters. The Labute approximate surface area is 182 Å². The fourth-order valence-electron chi connectivity index (χ4n) is 3.07. The number of ether oxygens (including phenoxy) is 1. The molecule has 0 aliphatic carbocycles. The summed E-state index contributed by atoms with van der Waals surface area (Å²) in [5.74, 6) is 2.39. The first-order valence-corrected chi connectivity index (χ1v) is 10.9. The number of aromatic nitrogens is 3. The van der Waals surface area contributed by atoms with Crippen LogP contribution in [0.2, 0.25) is 5.02 Å². The predicted molar refractivity (Wildman–Crippen MR) is 121 cm³/mol. The molecule has 1 aromatic heterocycles. The zero-order valence-corrected chi connectivity index (χ0v) is 18.8. The topological polar surface area (TPSA) is 39.9 Å². The molecule has 3 aromatic rings. The maximum absolute atomic E-state index is 6.27. The van der Waals surface area contributed by atoms with Crippen LogP contribution >= 0.6 is 23.4 Å². The van der Waals surface area contributed by atoms with Crippen molar-refractivity contribution in [2.45, 2.75) is 51.3 Å². The van der Waals surface area contributed by atoms with Crippen LogP contribution in [-0.4, -0.2) is 14.8 Å². The molecule has 3 rings (SSSR count). The highest BCUT2D eigenvalue weighted by atomic mass is 35.5. The zero-order valence-electron chi connectivity index (χ0n) is 17.3. The van der Waals surface area contributed by atoms with E-state index in [4.69, 9.17) is 16.3 Å². The molecule has 0 N–H and O–H groups in total. The Kier molecular flexibility index (Phi) is 7.04. The Morgan fingerprint density at radius 1 is 1.14 bits per heavy atom. The lowest BCUT2D eigenvalue weighted by Gasteiger charge is -2.17. The quantitative estimate of drug-likeness (QED) is 0.305. The maximum atomic E-state index is 6.27. The van der Waals surface area contributed by atoms with Crippen LogP contribution in [0.3, 0.4) is 0 Å². The third-order valence-corrected chi connectivity index (χ3v) is 6.27. The highest BCUT2D eigenvalue weighted by Gasteiger charge is 2.19. The van der Waals surface area contributed by atoms with Gasteiger partial charge in [-0.15, -0.1) is 16.8 Å². The smallest absolute Gasteiger partial charge is 0.191 e. The Hall–Kier alpha value is -2.24. The second kappa shape index (κ2) is 9.51. The van der Waals surface area contributed by atoms with E-state index in [2.05, 4.69) is 52.5 Å². The number of aryl methyl sites for hydroxylation is 3. The number of thioether (sulfide) groups is 1. The molecule has 0 saturated carbocycles. The first kappa shape index (κ1) is 21.5. The minimum Gasteiger partial charge on any atom is -0.483 e. The SMILES string of the molecule is C=CCn1c(SCc2ccc(C)cc2)nnc1C(C)Oc1cc(C)c(Cl)c(C)c1. The van der Waals surface area contributed by atoms with Crippen molar-refractivity contribution in [2.75, 3.05) is 0 Å². The molecule has 0 saturated heterocycles. The molecule has 0 bridgehead atoms.